The molecule has 0 fully saturated rings. The summed E-state index contributed by atoms with van der Waals surface area (Å²) in [5.41, 5.74) is 0.829. The van der Waals surface area contributed by atoms with Crippen LogP contribution in [0.4, 0.5) is 4.39 Å². The predicted molar refractivity (Wildman–Crippen MR) is 66.3 cm³/mol. The average molecular weight is 269 g/mol. The fraction of sp³-hybridized carbons (Fsp3) is 0. The van der Waals surface area contributed by atoms with Crippen LogP contribution in [0, 0.1) is 5.82 Å². The number of benzene rings is 2. The van der Waals surface area contributed by atoms with Crippen molar-refractivity contribution in [2.75, 3.05) is 0 Å². The predicted octanol–water partition coefficient (Wildman–Crippen LogP) is 4.36. The molecule has 2 rings (SSSR count). The molecule has 1 nitrogen and oxygen atoms in total. The SMILES string of the molecule is O=C(c1ccc(Cl)cc1)c1ccc(F)c(Cl)c1. The molecule has 0 heterocycles. The monoisotopic (exact) mass is 268 g/mol. The first-order valence-electron chi connectivity index (χ1n) is 4.83. The molecule has 0 aliphatic rings. The van der Waals surface area contributed by atoms with E-state index in [1.807, 2.05) is 0 Å². The van der Waals surface area contributed by atoms with Gasteiger partial charge >= 0.3 is 0 Å². The molecular weight excluding hydrogens is 262 g/mol. The third-order valence-corrected chi connectivity index (χ3v) is 2.83. The number of ketones is 1. The Labute approximate surface area is 108 Å². The molecule has 2 aromatic carbocycles. The van der Waals surface area contributed by atoms with Gasteiger partial charge in [-0.1, -0.05) is 23.2 Å². The molecule has 0 aliphatic carbocycles. The van der Waals surface area contributed by atoms with Crippen molar-refractivity contribution in [2.45, 2.75) is 0 Å². The van der Waals surface area contributed by atoms with E-state index in [0.29, 0.717) is 16.1 Å². The number of carbonyl (C=O) groups is 1. The van der Waals surface area contributed by atoms with Crippen LogP contribution in [-0.2, 0) is 0 Å². The molecule has 4 heteroatoms. The average Bonchev–Trinajstić information content (AvgIpc) is 2.33. The van der Waals surface area contributed by atoms with Crippen LogP contribution in [0.2, 0.25) is 10.0 Å². The summed E-state index contributed by atoms with van der Waals surface area (Å²) < 4.78 is 13.0. The molecule has 0 saturated heterocycles. The molecule has 0 radical (unpaired) electrons. The zero-order valence-electron chi connectivity index (χ0n) is 8.58. The highest BCUT2D eigenvalue weighted by Crippen LogP contribution is 2.19. The molecule has 17 heavy (non-hydrogen) atoms. The minimum Gasteiger partial charge on any atom is -0.289 e. The van der Waals surface area contributed by atoms with Gasteiger partial charge in [0.15, 0.2) is 5.78 Å². The van der Waals surface area contributed by atoms with Crippen LogP contribution >= 0.6 is 23.2 Å². The Balaban J connectivity index is 2.37. The van der Waals surface area contributed by atoms with Crippen LogP contribution in [0.25, 0.3) is 0 Å². The standard InChI is InChI=1S/C13H7Cl2FO/c14-10-4-1-8(2-5-10)13(17)9-3-6-12(16)11(15)7-9/h1-7H. The molecule has 0 N–H and O–H groups in total. The molecule has 0 unspecified atom stereocenters. The summed E-state index contributed by atoms with van der Waals surface area (Å²) in [5, 5.41) is 0.489. The molecule has 0 spiro atoms. The van der Waals surface area contributed by atoms with Gasteiger partial charge in [0.25, 0.3) is 0 Å². The van der Waals surface area contributed by atoms with Crippen LogP contribution in [0.15, 0.2) is 42.5 Å². The first kappa shape index (κ1) is 12.1. The van der Waals surface area contributed by atoms with E-state index in [1.54, 1.807) is 24.3 Å². The summed E-state index contributed by atoms with van der Waals surface area (Å²) in [6, 6.07) is 10.4. The van der Waals surface area contributed by atoms with E-state index in [1.165, 1.54) is 18.2 Å². The van der Waals surface area contributed by atoms with Crippen molar-refractivity contribution in [2.24, 2.45) is 0 Å². The van der Waals surface area contributed by atoms with Crippen LogP contribution in [0.1, 0.15) is 15.9 Å². The minimum atomic E-state index is -0.542. The molecule has 86 valence electrons. The number of halogens is 3. The van der Waals surface area contributed by atoms with Crippen molar-refractivity contribution in [3.05, 3.63) is 69.5 Å². The Morgan fingerprint density at radius 3 is 2.12 bits per heavy atom. The summed E-state index contributed by atoms with van der Waals surface area (Å²) in [4.78, 5) is 12.0. The summed E-state index contributed by atoms with van der Waals surface area (Å²) in [7, 11) is 0. The van der Waals surface area contributed by atoms with Gasteiger partial charge in [-0.3, -0.25) is 4.79 Å². The maximum Gasteiger partial charge on any atom is 0.193 e. The van der Waals surface area contributed by atoms with Crippen molar-refractivity contribution in [1.82, 2.24) is 0 Å². The Morgan fingerprint density at radius 1 is 0.941 bits per heavy atom. The van der Waals surface area contributed by atoms with Crippen molar-refractivity contribution in [3.63, 3.8) is 0 Å². The summed E-state index contributed by atoms with van der Waals surface area (Å²) in [5.74, 6) is -0.761. The smallest absolute Gasteiger partial charge is 0.193 e. The second-order valence-corrected chi connectivity index (χ2v) is 4.31. The van der Waals surface area contributed by atoms with Crippen LogP contribution < -0.4 is 0 Å². The molecule has 2 aromatic rings. The number of rotatable bonds is 2. The van der Waals surface area contributed by atoms with Crippen molar-refractivity contribution >= 4 is 29.0 Å². The molecule has 0 saturated carbocycles. The van der Waals surface area contributed by atoms with Crippen LogP contribution in [-0.4, -0.2) is 5.78 Å². The highest BCUT2D eigenvalue weighted by atomic mass is 35.5. The number of hydrogen-bond donors (Lipinski definition) is 0. The quantitative estimate of drug-likeness (QED) is 0.740. The Morgan fingerprint density at radius 2 is 1.53 bits per heavy atom. The van der Waals surface area contributed by atoms with Gasteiger partial charge in [0.05, 0.1) is 5.02 Å². The maximum absolute atomic E-state index is 13.0. The summed E-state index contributed by atoms with van der Waals surface area (Å²) >= 11 is 11.3. The van der Waals surface area contributed by atoms with Crippen molar-refractivity contribution in [1.29, 1.82) is 0 Å². The first-order chi connectivity index (χ1) is 8.08. The van der Waals surface area contributed by atoms with Gasteiger partial charge in [-0.15, -0.1) is 0 Å². The lowest BCUT2D eigenvalue weighted by Crippen LogP contribution is -2.01. The topological polar surface area (TPSA) is 17.1 Å². The normalized spacial score (nSPS) is 10.3. The lowest BCUT2D eigenvalue weighted by Gasteiger charge is -2.02. The second-order valence-electron chi connectivity index (χ2n) is 3.46. The van der Waals surface area contributed by atoms with Crippen molar-refractivity contribution in [3.8, 4) is 0 Å². The van der Waals surface area contributed by atoms with Gasteiger partial charge < -0.3 is 0 Å². The molecule has 0 aliphatic heterocycles. The Hall–Kier alpha value is -1.38. The van der Waals surface area contributed by atoms with E-state index < -0.39 is 5.82 Å². The van der Waals surface area contributed by atoms with Gasteiger partial charge in [-0.05, 0) is 42.5 Å². The lowest BCUT2D eigenvalue weighted by molar-refractivity contribution is 0.103. The van der Waals surface area contributed by atoms with E-state index in [-0.39, 0.29) is 10.8 Å². The van der Waals surface area contributed by atoms with E-state index in [4.69, 9.17) is 23.2 Å². The molecule has 0 bridgehead atoms. The minimum absolute atomic E-state index is 0.0650. The maximum atomic E-state index is 13.0. The van der Waals surface area contributed by atoms with Gasteiger partial charge in [-0.2, -0.15) is 0 Å². The number of carbonyl (C=O) groups excluding carboxylic acids is 1. The molecule has 0 aromatic heterocycles. The first-order valence-corrected chi connectivity index (χ1v) is 5.59. The van der Waals surface area contributed by atoms with E-state index in [0.717, 1.165) is 0 Å². The largest absolute Gasteiger partial charge is 0.289 e. The summed E-state index contributed by atoms with van der Waals surface area (Å²) in [6.45, 7) is 0. The molecule has 0 atom stereocenters. The highest BCUT2D eigenvalue weighted by Gasteiger charge is 2.10. The van der Waals surface area contributed by atoms with Gasteiger partial charge in [0.2, 0.25) is 0 Å². The summed E-state index contributed by atoms with van der Waals surface area (Å²) in [6.07, 6.45) is 0. The molecule has 0 amide bonds. The Bertz CT molecular complexity index is 564. The van der Waals surface area contributed by atoms with E-state index in [2.05, 4.69) is 0 Å². The van der Waals surface area contributed by atoms with Crippen molar-refractivity contribution < 1.29 is 9.18 Å². The van der Waals surface area contributed by atoms with Gasteiger partial charge in [-0.25, -0.2) is 4.39 Å². The molecular formula is C13H7Cl2FO. The van der Waals surface area contributed by atoms with Crippen LogP contribution in [0.5, 0.6) is 0 Å². The number of hydrogen-bond acceptors (Lipinski definition) is 1. The van der Waals surface area contributed by atoms with Gasteiger partial charge in [0, 0.05) is 16.1 Å². The van der Waals surface area contributed by atoms with Gasteiger partial charge in [0.1, 0.15) is 5.82 Å². The van der Waals surface area contributed by atoms with E-state index in [9.17, 15) is 9.18 Å². The van der Waals surface area contributed by atoms with Crippen LogP contribution in [0.3, 0.4) is 0 Å². The van der Waals surface area contributed by atoms with E-state index >= 15 is 0 Å². The fourth-order valence-corrected chi connectivity index (χ4v) is 1.71. The lowest BCUT2D eigenvalue weighted by atomic mass is 10.0. The fourth-order valence-electron chi connectivity index (χ4n) is 1.41. The third-order valence-electron chi connectivity index (χ3n) is 2.29. The third kappa shape index (κ3) is 2.65. The second kappa shape index (κ2) is 4.86. The zero-order chi connectivity index (χ0) is 12.4. The highest BCUT2D eigenvalue weighted by molar-refractivity contribution is 6.31. The Kier molecular flexibility index (Phi) is 3.46. The zero-order valence-corrected chi connectivity index (χ0v) is 10.1.